The van der Waals surface area contributed by atoms with Crippen LogP contribution in [0.1, 0.15) is 25.3 Å². The molecule has 1 fully saturated rings. The number of hydrogen-bond donors (Lipinski definition) is 1. The van der Waals surface area contributed by atoms with Crippen LogP contribution in [0.15, 0.2) is 48.5 Å². The van der Waals surface area contributed by atoms with Crippen molar-refractivity contribution in [2.75, 3.05) is 30.3 Å². The first-order chi connectivity index (χ1) is 14.6. The molecule has 168 valence electrons. The van der Waals surface area contributed by atoms with E-state index in [1.165, 1.54) is 18.2 Å². The lowest BCUT2D eigenvalue weighted by molar-refractivity contribution is -0.122. The van der Waals surface area contributed by atoms with Gasteiger partial charge in [0.1, 0.15) is 6.04 Å². The standard InChI is InChI=1S/C22H26Cl2N2O4S/c1-16(26(31(2,28)29)20-13-18(23)12-19(24)14-20)21(27)25-15-22(8-10-30-11-9-22)17-6-4-3-5-7-17/h3-7,12-14,16H,8-11,15H2,1-2H3,(H,25,27). The van der Waals surface area contributed by atoms with E-state index < -0.39 is 22.0 Å². The predicted molar refractivity (Wildman–Crippen MR) is 124 cm³/mol. The number of nitrogens with one attached hydrogen (secondary N) is 1. The molecule has 6 nitrogen and oxygen atoms in total. The molecule has 0 saturated carbocycles. The summed E-state index contributed by atoms with van der Waals surface area (Å²) in [5.74, 6) is -0.400. The number of benzene rings is 2. The van der Waals surface area contributed by atoms with Crippen LogP contribution in [0.2, 0.25) is 10.0 Å². The number of ether oxygens (including phenoxy) is 1. The number of halogens is 2. The largest absolute Gasteiger partial charge is 0.381 e. The van der Waals surface area contributed by atoms with Gasteiger partial charge in [0.2, 0.25) is 15.9 Å². The Kier molecular flexibility index (Phi) is 7.52. The Bertz CT molecular complexity index is 1000. The second kappa shape index (κ2) is 9.77. The van der Waals surface area contributed by atoms with E-state index in [0.717, 1.165) is 29.0 Å². The Hall–Kier alpha value is -1.80. The van der Waals surface area contributed by atoms with E-state index in [-0.39, 0.29) is 21.1 Å². The van der Waals surface area contributed by atoms with Gasteiger partial charge in [-0.1, -0.05) is 53.5 Å². The summed E-state index contributed by atoms with van der Waals surface area (Å²) in [5, 5.41) is 3.55. The third-order valence-corrected chi connectivity index (χ3v) is 7.31. The van der Waals surface area contributed by atoms with Crippen molar-refractivity contribution in [3.05, 3.63) is 64.1 Å². The highest BCUT2D eigenvalue weighted by Gasteiger charge is 2.36. The van der Waals surface area contributed by atoms with Crippen molar-refractivity contribution in [1.82, 2.24) is 5.32 Å². The molecule has 1 heterocycles. The molecular formula is C22H26Cl2N2O4S. The van der Waals surface area contributed by atoms with Gasteiger partial charge in [-0.05, 0) is 43.5 Å². The Morgan fingerprint density at radius 1 is 1.13 bits per heavy atom. The third-order valence-electron chi connectivity index (χ3n) is 5.63. The smallest absolute Gasteiger partial charge is 0.243 e. The molecule has 1 N–H and O–H groups in total. The number of sulfonamides is 1. The quantitative estimate of drug-likeness (QED) is 0.643. The van der Waals surface area contributed by atoms with Gasteiger partial charge >= 0.3 is 0 Å². The van der Waals surface area contributed by atoms with E-state index in [1.807, 2.05) is 18.2 Å². The monoisotopic (exact) mass is 484 g/mol. The molecule has 0 bridgehead atoms. The number of rotatable bonds is 7. The van der Waals surface area contributed by atoms with Crippen molar-refractivity contribution in [3.63, 3.8) is 0 Å². The van der Waals surface area contributed by atoms with Gasteiger partial charge in [0.25, 0.3) is 0 Å². The number of carbonyl (C=O) groups excluding carboxylic acids is 1. The Morgan fingerprint density at radius 2 is 1.71 bits per heavy atom. The van der Waals surface area contributed by atoms with E-state index in [4.69, 9.17) is 27.9 Å². The van der Waals surface area contributed by atoms with Crippen LogP contribution in [-0.4, -0.2) is 46.4 Å². The maximum atomic E-state index is 13.1. The fourth-order valence-corrected chi connectivity index (χ4v) is 5.67. The van der Waals surface area contributed by atoms with Crippen molar-refractivity contribution < 1.29 is 17.9 Å². The lowest BCUT2D eigenvalue weighted by Crippen LogP contribution is -2.51. The van der Waals surface area contributed by atoms with E-state index in [0.29, 0.717) is 19.8 Å². The molecular weight excluding hydrogens is 459 g/mol. The maximum absolute atomic E-state index is 13.1. The van der Waals surface area contributed by atoms with Crippen LogP contribution >= 0.6 is 23.2 Å². The minimum Gasteiger partial charge on any atom is -0.381 e. The molecule has 0 spiro atoms. The summed E-state index contributed by atoms with van der Waals surface area (Å²) >= 11 is 12.1. The number of carbonyl (C=O) groups is 1. The minimum atomic E-state index is -3.77. The van der Waals surface area contributed by atoms with Crippen molar-refractivity contribution in [2.45, 2.75) is 31.2 Å². The second-order valence-corrected chi connectivity index (χ2v) is 10.6. The summed E-state index contributed by atoms with van der Waals surface area (Å²) < 4.78 is 31.6. The van der Waals surface area contributed by atoms with Crippen molar-refractivity contribution in [3.8, 4) is 0 Å². The SMILES string of the molecule is CC(C(=O)NCC1(c2ccccc2)CCOCC1)N(c1cc(Cl)cc(Cl)c1)S(C)(=O)=O. The Labute approximate surface area is 193 Å². The summed E-state index contributed by atoms with van der Waals surface area (Å²) in [6.07, 6.45) is 2.59. The first-order valence-electron chi connectivity index (χ1n) is 9.99. The van der Waals surface area contributed by atoms with E-state index in [2.05, 4.69) is 17.4 Å². The van der Waals surface area contributed by atoms with Crippen LogP contribution in [0.4, 0.5) is 5.69 Å². The summed E-state index contributed by atoms with van der Waals surface area (Å²) in [7, 11) is -3.77. The number of hydrogen-bond acceptors (Lipinski definition) is 4. The highest BCUT2D eigenvalue weighted by atomic mass is 35.5. The first kappa shape index (κ1) is 23.9. The fraction of sp³-hybridized carbons (Fsp3) is 0.409. The van der Waals surface area contributed by atoms with Crippen LogP contribution in [0.25, 0.3) is 0 Å². The molecule has 9 heteroatoms. The molecule has 2 aromatic carbocycles. The molecule has 1 unspecified atom stereocenters. The van der Waals surface area contributed by atoms with Crippen molar-refractivity contribution >= 4 is 44.8 Å². The van der Waals surface area contributed by atoms with Crippen molar-refractivity contribution in [2.24, 2.45) is 0 Å². The molecule has 2 aromatic rings. The fourth-order valence-electron chi connectivity index (χ4n) is 4.00. The summed E-state index contributed by atoms with van der Waals surface area (Å²) in [5.41, 5.74) is 1.11. The molecule has 0 aliphatic carbocycles. The van der Waals surface area contributed by atoms with Crippen LogP contribution in [0, 0.1) is 0 Å². The normalized spacial score (nSPS) is 17.0. The van der Waals surface area contributed by atoms with Gasteiger partial charge in [-0.25, -0.2) is 8.42 Å². The molecule has 1 saturated heterocycles. The van der Waals surface area contributed by atoms with Crippen molar-refractivity contribution in [1.29, 1.82) is 0 Å². The second-order valence-electron chi connectivity index (χ2n) is 7.84. The van der Waals surface area contributed by atoms with Gasteiger partial charge in [0, 0.05) is 35.2 Å². The molecule has 1 atom stereocenters. The maximum Gasteiger partial charge on any atom is 0.243 e. The van der Waals surface area contributed by atoms with Gasteiger partial charge < -0.3 is 10.1 Å². The molecule has 3 rings (SSSR count). The van der Waals surface area contributed by atoms with Crippen LogP contribution in [0.5, 0.6) is 0 Å². The average molecular weight is 485 g/mol. The molecule has 1 aliphatic rings. The van der Waals surface area contributed by atoms with Crippen LogP contribution < -0.4 is 9.62 Å². The van der Waals surface area contributed by atoms with Crippen LogP contribution in [0.3, 0.4) is 0 Å². The Balaban J connectivity index is 1.83. The molecule has 1 aliphatic heterocycles. The summed E-state index contributed by atoms with van der Waals surface area (Å²) in [4.78, 5) is 13.1. The minimum absolute atomic E-state index is 0.242. The topological polar surface area (TPSA) is 75.7 Å². The molecule has 31 heavy (non-hydrogen) atoms. The first-order valence-corrected chi connectivity index (χ1v) is 12.6. The van der Waals surface area contributed by atoms with Gasteiger partial charge in [-0.3, -0.25) is 9.10 Å². The lowest BCUT2D eigenvalue weighted by atomic mass is 9.74. The van der Waals surface area contributed by atoms with Gasteiger partial charge in [0.05, 0.1) is 11.9 Å². The Morgan fingerprint density at radius 3 is 2.26 bits per heavy atom. The number of anilines is 1. The molecule has 0 radical (unpaired) electrons. The highest BCUT2D eigenvalue weighted by molar-refractivity contribution is 7.92. The number of nitrogens with zero attached hydrogens (tertiary/aromatic N) is 1. The average Bonchev–Trinajstić information content (AvgIpc) is 2.71. The zero-order chi connectivity index (χ0) is 22.6. The predicted octanol–water partition coefficient (Wildman–Crippen LogP) is 4.01. The third kappa shape index (κ3) is 5.71. The zero-order valence-electron chi connectivity index (χ0n) is 17.5. The van der Waals surface area contributed by atoms with E-state index in [1.54, 1.807) is 6.92 Å². The molecule has 1 amide bonds. The van der Waals surface area contributed by atoms with Crippen LogP contribution in [-0.2, 0) is 25.0 Å². The van der Waals surface area contributed by atoms with Gasteiger partial charge in [-0.2, -0.15) is 0 Å². The summed E-state index contributed by atoms with van der Waals surface area (Å²) in [6.45, 7) is 3.15. The van der Waals surface area contributed by atoms with Gasteiger partial charge in [0.15, 0.2) is 0 Å². The van der Waals surface area contributed by atoms with E-state index >= 15 is 0 Å². The van der Waals surface area contributed by atoms with Gasteiger partial charge in [-0.15, -0.1) is 0 Å². The lowest BCUT2D eigenvalue weighted by Gasteiger charge is -2.38. The zero-order valence-corrected chi connectivity index (χ0v) is 19.8. The summed E-state index contributed by atoms with van der Waals surface area (Å²) in [6, 6.07) is 13.5. The number of amides is 1. The highest BCUT2D eigenvalue weighted by Crippen LogP contribution is 2.34. The molecule has 0 aromatic heterocycles. The van der Waals surface area contributed by atoms with E-state index in [9.17, 15) is 13.2 Å².